The van der Waals surface area contributed by atoms with Crippen molar-refractivity contribution in [2.24, 2.45) is 7.05 Å². The van der Waals surface area contributed by atoms with Crippen LogP contribution in [0.4, 0.5) is 14.5 Å². The molecule has 0 saturated heterocycles. The molecule has 0 aliphatic rings. The summed E-state index contributed by atoms with van der Waals surface area (Å²) in [5.41, 5.74) is 0.501. The minimum atomic E-state index is -2.77. The number of thiol groups is 1. The molecule has 102 valence electrons. The van der Waals surface area contributed by atoms with Gasteiger partial charge in [-0.1, -0.05) is 0 Å². The van der Waals surface area contributed by atoms with Crippen molar-refractivity contribution in [1.29, 1.82) is 0 Å². The third-order valence-electron chi connectivity index (χ3n) is 2.58. The number of alkyl halides is 2. The predicted octanol–water partition coefficient (Wildman–Crippen LogP) is 2.16. The van der Waals surface area contributed by atoms with Crippen LogP contribution >= 0.6 is 12.6 Å². The smallest absolute Gasteiger partial charge is 0.282 e. The Balaban J connectivity index is 2.46. The number of aromatic nitrogens is 3. The molecule has 0 spiro atoms. The van der Waals surface area contributed by atoms with Crippen molar-refractivity contribution in [3.8, 4) is 0 Å². The predicted molar refractivity (Wildman–Crippen MR) is 70.6 cm³/mol. The fourth-order valence-electron chi connectivity index (χ4n) is 1.67. The van der Waals surface area contributed by atoms with Gasteiger partial charge in [-0.3, -0.25) is 9.48 Å². The molecule has 8 heteroatoms. The first-order chi connectivity index (χ1) is 9.02. The molecule has 0 aliphatic heterocycles. The molecule has 2 aromatic rings. The average Bonchev–Trinajstić information content (AvgIpc) is 2.70. The van der Waals surface area contributed by atoms with Gasteiger partial charge >= 0.3 is 0 Å². The first kappa shape index (κ1) is 13.7. The van der Waals surface area contributed by atoms with E-state index < -0.39 is 12.1 Å². The molecule has 0 saturated carbocycles. The Morgan fingerprint density at radius 2 is 2.32 bits per heavy atom. The van der Waals surface area contributed by atoms with E-state index in [1.807, 2.05) is 0 Å². The molecule has 0 fully saturated rings. The van der Waals surface area contributed by atoms with E-state index in [2.05, 4.69) is 28.0 Å². The van der Waals surface area contributed by atoms with E-state index in [9.17, 15) is 13.6 Å². The number of nitrogens with zero attached hydrogens (tertiary/aromatic N) is 3. The molecule has 0 radical (unpaired) electrons. The molecular formula is C11H12F2N4OS. The second-order valence-electron chi connectivity index (χ2n) is 3.92. The van der Waals surface area contributed by atoms with Gasteiger partial charge in [0, 0.05) is 13.5 Å². The second kappa shape index (κ2) is 5.52. The van der Waals surface area contributed by atoms with Crippen LogP contribution in [0.3, 0.4) is 0 Å². The summed E-state index contributed by atoms with van der Waals surface area (Å²) in [4.78, 5) is 15.3. The topological polar surface area (TPSA) is 59.8 Å². The van der Waals surface area contributed by atoms with Gasteiger partial charge < -0.3 is 5.32 Å². The Labute approximate surface area is 113 Å². The number of carbonyl (C=O) groups excluding carboxylic acids is 1. The zero-order chi connectivity index (χ0) is 14.0. The minimum Gasteiger partial charge on any atom is -0.324 e. The number of nitrogens with one attached hydrogen (secondary N) is 1. The molecule has 5 nitrogen and oxygen atoms in total. The largest absolute Gasteiger partial charge is 0.324 e. The number of rotatable bonds is 4. The maximum absolute atomic E-state index is 12.9. The molecule has 0 unspecified atom stereocenters. The summed E-state index contributed by atoms with van der Waals surface area (Å²) in [6.45, 7) is 0. The number of pyridine rings is 1. The van der Waals surface area contributed by atoms with Gasteiger partial charge in [0.15, 0.2) is 0 Å². The van der Waals surface area contributed by atoms with Gasteiger partial charge in [0.05, 0.1) is 17.4 Å². The zero-order valence-corrected chi connectivity index (χ0v) is 11.0. The van der Waals surface area contributed by atoms with Crippen LogP contribution in [0.5, 0.6) is 0 Å². The maximum Gasteiger partial charge on any atom is 0.282 e. The summed E-state index contributed by atoms with van der Waals surface area (Å²) in [7, 11) is 1.67. The number of anilines is 1. The van der Waals surface area contributed by atoms with E-state index in [4.69, 9.17) is 0 Å². The number of fused-ring (bicyclic) bond motifs is 1. The van der Waals surface area contributed by atoms with Crippen LogP contribution in [-0.2, 0) is 11.8 Å². The van der Waals surface area contributed by atoms with Crippen molar-refractivity contribution in [1.82, 2.24) is 14.8 Å². The first-order valence-corrected chi connectivity index (χ1v) is 6.17. The van der Waals surface area contributed by atoms with Crippen LogP contribution in [0, 0.1) is 0 Å². The van der Waals surface area contributed by atoms with Crippen molar-refractivity contribution in [3.05, 3.63) is 18.0 Å². The molecule has 1 N–H and O–H groups in total. The van der Waals surface area contributed by atoms with E-state index in [1.165, 1.54) is 16.9 Å². The number of carbonyl (C=O) groups is 1. The van der Waals surface area contributed by atoms with Crippen molar-refractivity contribution >= 4 is 35.3 Å². The number of hydrogen-bond donors (Lipinski definition) is 2. The SMILES string of the molecule is Cn1ncc2nc(C(F)F)c(NC(=O)CCS)cc21. The van der Waals surface area contributed by atoms with Crippen LogP contribution in [0.25, 0.3) is 11.0 Å². The Morgan fingerprint density at radius 3 is 2.95 bits per heavy atom. The third kappa shape index (κ3) is 2.83. The van der Waals surface area contributed by atoms with E-state index in [0.717, 1.165) is 0 Å². The van der Waals surface area contributed by atoms with Crippen LogP contribution < -0.4 is 5.32 Å². The standard InChI is InChI=1S/C11H12F2N4OS/c1-17-8-4-6(15-9(18)2-3-19)10(11(12)13)16-7(8)5-14-17/h4-5,11,19H,2-3H2,1H3,(H,15,18). The molecule has 19 heavy (non-hydrogen) atoms. The van der Waals surface area contributed by atoms with Gasteiger partial charge in [0.1, 0.15) is 11.2 Å². The molecule has 2 rings (SSSR count). The molecule has 0 bridgehead atoms. The van der Waals surface area contributed by atoms with E-state index in [-0.39, 0.29) is 18.0 Å². The first-order valence-electron chi connectivity index (χ1n) is 5.54. The average molecular weight is 286 g/mol. The quantitative estimate of drug-likeness (QED) is 0.847. The molecular weight excluding hydrogens is 274 g/mol. The second-order valence-corrected chi connectivity index (χ2v) is 4.36. The zero-order valence-electron chi connectivity index (χ0n) is 10.1. The molecule has 0 aromatic carbocycles. The summed E-state index contributed by atoms with van der Waals surface area (Å²) in [6.07, 6.45) is -1.22. The maximum atomic E-state index is 12.9. The van der Waals surface area contributed by atoms with E-state index in [0.29, 0.717) is 16.8 Å². The van der Waals surface area contributed by atoms with Crippen molar-refractivity contribution in [2.75, 3.05) is 11.1 Å². The minimum absolute atomic E-state index is 0.0119. The van der Waals surface area contributed by atoms with Gasteiger partial charge in [-0.05, 0) is 11.8 Å². The van der Waals surface area contributed by atoms with Crippen LogP contribution in [0.15, 0.2) is 12.3 Å². The van der Waals surface area contributed by atoms with Crippen molar-refractivity contribution in [2.45, 2.75) is 12.8 Å². The highest BCUT2D eigenvalue weighted by atomic mass is 32.1. The Kier molecular flexibility index (Phi) is 3.98. The highest BCUT2D eigenvalue weighted by Gasteiger charge is 2.19. The fraction of sp³-hybridized carbons (Fsp3) is 0.364. The molecule has 2 heterocycles. The van der Waals surface area contributed by atoms with Crippen LogP contribution in [0.2, 0.25) is 0 Å². The van der Waals surface area contributed by atoms with Crippen LogP contribution in [0.1, 0.15) is 18.5 Å². The van der Waals surface area contributed by atoms with Gasteiger partial charge in [-0.2, -0.15) is 17.7 Å². The number of hydrogen-bond acceptors (Lipinski definition) is 4. The van der Waals surface area contributed by atoms with Gasteiger partial charge in [0.25, 0.3) is 6.43 Å². The molecule has 0 atom stereocenters. The van der Waals surface area contributed by atoms with Gasteiger partial charge in [-0.25, -0.2) is 13.8 Å². The third-order valence-corrected chi connectivity index (χ3v) is 2.81. The van der Waals surface area contributed by atoms with Crippen molar-refractivity contribution in [3.63, 3.8) is 0 Å². The summed E-state index contributed by atoms with van der Waals surface area (Å²) < 4.78 is 27.4. The summed E-state index contributed by atoms with van der Waals surface area (Å²) >= 11 is 3.92. The van der Waals surface area contributed by atoms with Crippen molar-refractivity contribution < 1.29 is 13.6 Å². The number of aryl methyl sites for hydroxylation is 1. The fourth-order valence-corrected chi connectivity index (χ4v) is 1.87. The highest BCUT2D eigenvalue weighted by molar-refractivity contribution is 7.80. The van der Waals surface area contributed by atoms with Crippen LogP contribution in [-0.4, -0.2) is 26.4 Å². The lowest BCUT2D eigenvalue weighted by atomic mass is 10.2. The molecule has 1 amide bonds. The summed E-state index contributed by atoms with van der Waals surface area (Å²) in [5.74, 6) is -0.0303. The summed E-state index contributed by atoms with van der Waals surface area (Å²) in [6, 6.07) is 1.45. The number of halogens is 2. The van der Waals surface area contributed by atoms with Gasteiger partial charge in [0.2, 0.25) is 5.91 Å². The van der Waals surface area contributed by atoms with Gasteiger partial charge in [-0.15, -0.1) is 0 Å². The lowest BCUT2D eigenvalue weighted by Crippen LogP contribution is -2.14. The Morgan fingerprint density at radius 1 is 1.58 bits per heavy atom. The monoisotopic (exact) mass is 286 g/mol. The normalized spacial score (nSPS) is 11.2. The van der Waals surface area contributed by atoms with E-state index in [1.54, 1.807) is 7.05 Å². The number of amides is 1. The molecule has 2 aromatic heterocycles. The lowest BCUT2D eigenvalue weighted by Gasteiger charge is -2.10. The molecule has 0 aliphatic carbocycles. The van der Waals surface area contributed by atoms with E-state index >= 15 is 0 Å². The Hall–Kier alpha value is -1.70. The summed E-state index contributed by atoms with van der Waals surface area (Å²) in [5, 5.41) is 6.37. The lowest BCUT2D eigenvalue weighted by molar-refractivity contribution is -0.115. The highest BCUT2D eigenvalue weighted by Crippen LogP contribution is 2.28. The Bertz CT molecular complexity index is 614.